The van der Waals surface area contributed by atoms with Gasteiger partial charge in [-0.3, -0.25) is 4.90 Å². The fourth-order valence-corrected chi connectivity index (χ4v) is 5.64. The molecule has 4 aliphatic rings. The zero-order valence-electron chi connectivity index (χ0n) is 14.3. The summed E-state index contributed by atoms with van der Waals surface area (Å²) in [5, 5.41) is 0. The van der Waals surface area contributed by atoms with Crippen molar-refractivity contribution in [3.05, 3.63) is 0 Å². The van der Waals surface area contributed by atoms with Gasteiger partial charge in [-0.15, -0.1) is 0 Å². The van der Waals surface area contributed by atoms with Crippen LogP contribution in [0.4, 0.5) is 0 Å². The molecule has 0 atom stereocenters. The molecule has 1 spiro atoms. The van der Waals surface area contributed by atoms with Crippen molar-refractivity contribution < 1.29 is 4.74 Å². The Kier molecular flexibility index (Phi) is 4.75. The van der Waals surface area contributed by atoms with Crippen LogP contribution < -0.4 is 0 Å². The van der Waals surface area contributed by atoms with E-state index in [2.05, 4.69) is 9.80 Å². The number of piperidine rings is 1. The molecule has 0 unspecified atom stereocenters. The molecule has 2 aliphatic heterocycles. The van der Waals surface area contributed by atoms with E-state index in [1.54, 1.807) is 0 Å². The van der Waals surface area contributed by atoms with Crippen LogP contribution in [0.2, 0.25) is 0 Å². The Hall–Kier alpha value is -0.120. The van der Waals surface area contributed by atoms with Gasteiger partial charge in [0.25, 0.3) is 0 Å². The Bertz CT molecular complexity index is 352. The molecule has 0 radical (unpaired) electrons. The van der Waals surface area contributed by atoms with Crippen LogP contribution in [0, 0.1) is 0 Å². The summed E-state index contributed by atoms with van der Waals surface area (Å²) in [5.74, 6) is 0. The average molecular weight is 306 g/mol. The first-order chi connectivity index (χ1) is 10.9. The zero-order chi connectivity index (χ0) is 14.8. The third-order valence-corrected chi connectivity index (χ3v) is 6.91. The van der Waals surface area contributed by atoms with Crippen LogP contribution >= 0.6 is 0 Å². The van der Waals surface area contributed by atoms with Crippen molar-refractivity contribution in [2.24, 2.45) is 0 Å². The molecule has 0 aromatic heterocycles. The molecule has 0 aromatic rings. The van der Waals surface area contributed by atoms with Gasteiger partial charge in [0.1, 0.15) is 5.72 Å². The molecule has 0 bridgehead atoms. The maximum absolute atomic E-state index is 6.38. The number of likely N-dealkylation sites (tertiary alicyclic amines) is 1. The number of hydrogen-bond acceptors (Lipinski definition) is 3. The van der Waals surface area contributed by atoms with Gasteiger partial charge in [0.05, 0.1) is 6.61 Å². The summed E-state index contributed by atoms with van der Waals surface area (Å²) in [7, 11) is 0. The van der Waals surface area contributed by atoms with Gasteiger partial charge in [0.15, 0.2) is 0 Å². The first kappa shape index (κ1) is 15.4. The quantitative estimate of drug-likeness (QED) is 0.772. The SMILES string of the molecule is C1CCC(N2CCC3(CC2)OCCN3C2CCCCC2)CC1. The average Bonchev–Trinajstić information content (AvgIpc) is 3.00. The Labute approximate surface area is 136 Å². The van der Waals surface area contributed by atoms with Gasteiger partial charge in [0, 0.05) is 44.6 Å². The summed E-state index contributed by atoms with van der Waals surface area (Å²) in [6.07, 6.45) is 16.9. The van der Waals surface area contributed by atoms with Gasteiger partial charge in [0.2, 0.25) is 0 Å². The van der Waals surface area contributed by atoms with E-state index in [-0.39, 0.29) is 5.72 Å². The molecule has 2 saturated carbocycles. The predicted molar refractivity (Wildman–Crippen MR) is 89.9 cm³/mol. The van der Waals surface area contributed by atoms with Crippen molar-refractivity contribution in [1.82, 2.24) is 9.80 Å². The summed E-state index contributed by atoms with van der Waals surface area (Å²) < 4.78 is 6.38. The van der Waals surface area contributed by atoms with Gasteiger partial charge >= 0.3 is 0 Å². The van der Waals surface area contributed by atoms with Crippen LogP contribution in [0.25, 0.3) is 0 Å². The van der Waals surface area contributed by atoms with Crippen molar-refractivity contribution in [3.8, 4) is 0 Å². The van der Waals surface area contributed by atoms with E-state index in [1.165, 1.54) is 96.7 Å². The third-order valence-electron chi connectivity index (χ3n) is 6.91. The highest BCUT2D eigenvalue weighted by Crippen LogP contribution is 2.40. The molecular weight excluding hydrogens is 272 g/mol. The Balaban J connectivity index is 1.37. The van der Waals surface area contributed by atoms with E-state index in [1.807, 2.05) is 0 Å². The van der Waals surface area contributed by atoms with E-state index >= 15 is 0 Å². The molecule has 4 fully saturated rings. The second kappa shape index (κ2) is 6.78. The monoisotopic (exact) mass is 306 g/mol. The summed E-state index contributed by atoms with van der Waals surface area (Å²) in [6, 6.07) is 1.70. The van der Waals surface area contributed by atoms with Crippen molar-refractivity contribution in [2.45, 2.75) is 94.9 Å². The molecule has 3 nitrogen and oxygen atoms in total. The summed E-state index contributed by atoms with van der Waals surface area (Å²) in [4.78, 5) is 5.59. The highest BCUT2D eigenvalue weighted by atomic mass is 16.5. The zero-order valence-corrected chi connectivity index (χ0v) is 14.3. The lowest BCUT2D eigenvalue weighted by Gasteiger charge is -2.49. The molecule has 4 rings (SSSR count). The standard InChI is InChI=1S/C19H34N2O/c1-3-7-17(8-4-1)20-13-11-19(12-14-20)21(15-16-22-19)18-9-5-2-6-10-18/h17-18H,1-16H2. The molecule has 2 saturated heterocycles. The second-order valence-corrected chi connectivity index (χ2v) is 8.11. The van der Waals surface area contributed by atoms with E-state index < -0.39 is 0 Å². The fourth-order valence-electron chi connectivity index (χ4n) is 5.64. The summed E-state index contributed by atoms with van der Waals surface area (Å²) in [5.41, 5.74) is 0.118. The lowest BCUT2D eigenvalue weighted by molar-refractivity contribution is -0.140. The normalized spacial score (nSPS) is 32.7. The third kappa shape index (κ3) is 2.97. The molecule has 2 aliphatic carbocycles. The lowest BCUT2D eigenvalue weighted by atomic mass is 9.88. The van der Waals surface area contributed by atoms with Crippen LogP contribution in [0.15, 0.2) is 0 Å². The largest absolute Gasteiger partial charge is 0.359 e. The lowest BCUT2D eigenvalue weighted by Crippen LogP contribution is -2.57. The van der Waals surface area contributed by atoms with Crippen LogP contribution in [-0.4, -0.2) is 53.8 Å². The Morgan fingerprint density at radius 1 is 0.682 bits per heavy atom. The van der Waals surface area contributed by atoms with Gasteiger partial charge in [-0.2, -0.15) is 0 Å². The minimum Gasteiger partial charge on any atom is -0.359 e. The summed E-state index contributed by atoms with van der Waals surface area (Å²) >= 11 is 0. The molecule has 2 heterocycles. The van der Waals surface area contributed by atoms with E-state index in [0.29, 0.717) is 0 Å². The van der Waals surface area contributed by atoms with Gasteiger partial charge in [-0.25, -0.2) is 0 Å². The number of hydrogen-bond donors (Lipinski definition) is 0. The Morgan fingerprint density at radius 3 is 1.91 bits per heavy atom. The first-order valence-corrected chi connectivity index (χ1v) is 10.0. The first-order valence-electron chi connectivity index (χ1n) is 10.0. The van der Waals surface area contributed by atoms with E-state index in [0.717, 1.165) is 18.7 Å². The van der Waals surface area contributed by atoms with Crippen molar-refractivity contribution >= 4 is 0 Å². The molecule has 126 valence electrons. The maximum atomic E-state index is 6.38. The Morgan fingerprint density at radius 2 is 1.27 bits per heavy atom. The molecule has 0 N–H and O–H groups in total. The van der Waals surface area contributed by atoms with Gasteiger partial charge in [-0.1, -0.05) is 38.5 Å². The van der Waals surface area contributed by atoms with Crippen molar-refractivity contribution in [1.29, 1.82) is 0 Å². The second-order valence-electron chi connectivity index (χ2n) is 8.11. The molecule has 22 heavy (non-hydrogen) atoms. The van der Waals surface area contributed by atoms with Crippen molar-refractivity contribution in [3.63, 3.8) is 0 Å². The highest BCUT2D eigenvalue weighted by Gasteiger charge is 2.47. The van der Waals surface area contributed by atoms with Crippen molar-refractivity contribution in [2.75, 3.05) is 26.2 Å². The number of nitrogens with zero attached hydrogens (tertiary/aromatic N) is 2. The number of rotatable bonds is 2. The highest BCUT2D eigenvalue weighted by molar-refractivity contribution is 4.96. The van der Waals surface area contributed by atoms with Crippen LogP contribution in [-0.2, 0) is 4.74 Å². The number of ether oxygens (including phenoxy) is 1. The minimum atomic E-state index is 0.118. The smallest absolute Gasteiger partial charge is 0.124 e. The van der Waals surface area contributed by atoms with Crippen LogP contribution in [0.3, 0.4) is 0 Å². The predicted octanol–water partition coefficient (Wildman–Crippen LogP) is 3.78. The molecule has 0 aromatic carbocycles. The fraction of sp³-hybridized carbons (Fsp3) is 1.00. The maximum Gasteiger partial charge on any atom is 0.124 e. The van der Waals surface area contributed by atoms with Crippen LogP contribution in [0.5, 0.6) is 0 Å². The minimum absolute atomic E-state index is 0.118. The van der Waals surface area contributed by atoms with Gasteiger partial charge in [-0.05, 0) is 25.7 Å². The topological polar surface area (TPSA) is 15.7 Å². The van der Waals surface area contributed by atoms with Gasteiger partial charge < -0.3 is 9.64 Å². The summed E-state index contributed by atoms with van der Waals surface area (Å²) in [6.45, 7) is 4.70. The molecular formula is C19H34N2O. The van der Waals surface area contributed by atoms with Crippen LogP contribution in [0.1, 0.15) is 77.0 Å². The molecule has 0 amide bonds. The molecule has 3 heteroatoms. The van der Waals surface area contributed by atoms with E-state index in [9.17, 15) is 0 Å². The van der Waals surface area contributed by atoms with E-state index in [4.69, 9.17) is 4.74 Å².